The molecule has 0 aliphatic carbocycles. The van der Waals surface area contributed by atoms with Gasteiger partial charge in [-0.05, 0) is 19.4 Å². The third-order valence-electron chi connectivity index (χ3n) is 2.94. The molecule has 2 atom stereocenters. The number of carbonyl (C=O) groups excluding carboxylic acids is 1. The molecule has 5 heteroatoms. The molecule has 5 nitrogen and oxygen atoms in total. The van der Waals surface area contributed by atoms with Crippen molar-refractivity contribution in [1.82, 2.24) is 5.32 Å². The first-order valence-electron chi connectivity index (χ1n) is 6.84. The third kappa shape index (κ3) is 5.19. The highest BCUT2D eigenvalue weighted by molar-refractivity contribution is 5.77. The van der Waals surface area contributed by atoms with Gasteiger partial charge in [-0.25, -0.2) is 0 Å². The molecule has 0 aliphatic heterocycles. The van der Waals surface area contributed by atoms with Gasteiger partial charge in [0.15, 0.2) is 6.61 Å². The summed E-state index contributed by atoms with van der Waals surface area (Å²) in [6.45, 7) is 4.34. The topological polar surface area (TPSA) is 73.6 Å². The van der Waals surface area contributed by atoms with Gasteiger partial charge in [0.25, 0.3) is 5.91 Å². The normalized spacial score (nSPS) is 13.6. The minimum absolute atomic E-state index is 0.0263. The highest BCUT2D eigenvalue weighted by Gasteiger charge is 2.12. The summed E-state index contributed by atoms with van der Waals surface area (Å²) < 4.78 is 10.5. The molecule has 0 radical (unpaired) electrons. The maximum Gasteiger partial charge on any atom is 0.258 e. The smallest absolute Gasteiger partial charge is 0.258 e. The van der Waals surface area contributed by atoms with Crippen molar-refractivity contribution in [2.75, 3.05) is 20.3 Å². The van der Waals surface area contributed by atoms with Crippen molar-refractivity contribution in [1.29, 1.82) is 0 Å². The van der Waals surface area contributed by atoms with Crippen molar-refractivity contribution < 1.29 is 14.3 Å². The Kier molecular flexibility index (Phi) is 7.04. The van der Waals surface area contributed by atoms with Crippen LogP contribution in [0.4, 0.5) is 0 Å². The Labute approximate surface area is 120 Å². The predicted octanol–water partition coefficient (Wildman–Crippen LogP) is 1.63. The number of carbonyl (C=O) groups is 1. The van der Waals surface area contributed by atoms with Crippen LogP contribution in [0.15, 0.2) is 24.3 Å². The summed E-state index contributed by atoms with van der Waals surface area (Å²) in [5.74, 6) is 0.491. The van der Waals surface area contributed by atoms with Gasteiger partial charge in [0.05, 0.1) is 6.61 Å². The summed E-state index contributed by atoms with van der Waals surface area (Å²) in [6, 6.07) is 7.42. The summed E-state index contributed by atoms with van der Waals surface area (Å²) >= 11 is 0. The molecule has 1 aromatic carbocycles. The highest BCUT2D eigenvalue weighted by Crippen LogP contribution is 2.25. The summed E-state index contributed by atoms with van der Waals surface area (Å²) in [7, 11) is 1.60. The van der Waals surface area contributed by atoms with Gasteiger partial charge in [0.2, 0.25) is 0 Å². The molecule has 0 bridgehead atoms. The molecule has 0 aliphatic rings. The van der Waals surface area contributed by atoms with Gasteiger partial charge in [-0.15, -0.1) is 0 Å². The van der Waals surface area contributed by atoms with Gasteiger partial charge in [-0.2, -0.15) is 0 Å². The maximum absolute atomic E-state index is 11.7. The monoisotopic (exact) mass is 280 g/mol. The van der Waals surface area contributed by atoms with E-state index in [1.807, 2.05) is 38.1 Å². The molecule has 20 heavy (non-hydrogen) atoms. The number of para-hydroxylation sites is 1. The summed E-state index contributed by atoms with van der Waals surface area (Å²) in [4.78, 5) is 11.7. The van der Waals surface area contributed by atoms with Crippen LogP contribution in [0.5, 0.6) is 5.75 Å². The Hall–Kier alpha value is -1.59. The summed E-state index contributed by atoms with van der Waals surface area (Å²) in [6.07, 6.45) is 0.817. The highest BCUT2D eigenvalue weighted by atomic mass is 16.5. The van der Waals surface area contributed by atoms with Crippen molar-refractivity contribution in [2.24, 2.45) is 5.73 Å². The van der Waals surface area contributed by atoms with Gasteiger partial charge >= 0.3 is 0 Å². The number of methoxy groups -OCH3 is 1. The van der Waals surface area contributed by atoms with Crippen LogP contribution in [0.2, 0.25) is 0 Å². The van der Waals surface area contributed by atoms with Crippen LogP contribution in [0, 0.1) is 0 Å². The fourth-order valence-electron chi connectivity index (χ4n) is 1.89. The number of benzene rings is 1. The van der Waals surface area contributed by atoms with Crippen molar-refractivity contribution in [2.45, 2.75) is 32.4 Å². The van der Waals surface area contributed by atoms with Crippen LogP contribution < -0.4 is 15.8 Å². The largest absolute Gasteiger partial charge is 0.483 e. The average molecular weight is 280 g/mol. The van der Waals surface area contributed by atoms with E-state index in [1.165, 1.54) is 0 Å². The average Bonchev–Trinajstić information content (AvgIpc) is 2.44. The van der Waals surface area contributed by atoms with Crippen molar-refractivity contribution in [3.05, 3.63) is 29.8 Å². The van der Waals surface area contributed by atoms with Crippen LogP contribution in [-0.4, -0.2) is 32.3 Å². The van der Waals surface area contributed by atoms with Gasteiger partial charge in [-0.1, -0.05) is 25.1 Å². The zero-order chi connectivity index (χ0) is 15.0. The SMILES string of the molecule is CCC(N)c1ccccc1OCC(=O)NC(C)COC. The lowest BCUT2D eigenvalue weighted by Crippen LogP contribution is -2.38. The van der Waals surface area contributed by atoms with E-state index in [-0.39, 0.29) is 24.6 Å². The maximum atomic E-state index is 11.7. The van der Waals surface area contributed by atoms with E-state index in [0.717, 1.165) is 12.0 Å². The van der Waals surface area contributed by atoms with E-state index in [1.54, 1.807) is 7.11 Å². The van der Waals surface area contributed by atoms with Gasteiger partial charge in [-0.3, -0.25) is 4.79 Å². The molecule has 0 saturated heterocycles. The molecular weight excluding hydrogens is 256 g/mol. The van der Waals surface area contributed by atoms with Crippen molar-refractivity contribution in [3.63, 3.8) is 0 Å². The van der Waals surface area contributed by atoms with E-state index in [4.69, 9.17) is 15.2 Å². The lowest BCUT2D eigenvalue weighted by molar-refractivity contribution is -0.124. The predicted molar refractivity (Wildman–Crippen MR) is 78.6 cm³/mol. The quantitative estimate of drug-likeness (QED) is 0.759. The molecule has 0 aromatic heterocycles. The Balaban J connectivity index is 2.55. The molecule has 112 valence electrons. The molecule has 1 rings (SSSR count). The second-order valence-electron chi connectivity index (χ2n) is 4.77. The Morgan fingerprint density at radius 3 is 2.75 bits per heavy atom. The van der Waals surface area contributed by atoms with Crippen molar-refractivity contribution >= 4 is 5.91 Å². The van der Waals surface area contributed by atoms with Crippen LogP contribution in [0.1, 0.15) is 31.9 Å². The van der Waals surface area contributed by atoms with Crippen LogP contribution in [0.25, 0.3) is 0 Å². The fourth-order valence-corrected chi connectivity index (χ4v) is 1.89. The van der Waals surface area contributed by atoms with Crippen LogP contribution in [-0.2, 0) is 9.53 Å². The number of hydrogen-bond acceptors (Lipinski definition) is 4. The molecule has 0 fully saturated rings. The molecule has 2 unspecified atom stereocenters. The third-order valence-corrected chi connectivity index (χ3v) is 2.94. The van der Waals surface area contributed by atoms with E-state index in [0.29, 0.717) is 12.4 Å². The lowest BCUT2D eigenvalue weighted by Gasteiger charge is -2.16. The number of nitrogens with two attached hydrogens (primary N) is 1. The van der Waals surface area contributed by atoms with Crippen LogP contribution >= 0.6 is 0 Å². The first-order chi connectivity index (χ1) is 9.58. The number of ether oxygens (including phenoxy) is 2. The molecule has 1 amide bonds. The Bertz CT molecular complexity index is 423. The second-order valence-corrected chi connectivity index (χ2v) is 4.77. The van der Waals surface area contributed by atoms with Gasteiger partial charge in [0.1, 0.15) is 5.75 Å². The lowest BCUT2D eigenvalue weighted by atomic mass is 10.0. The minimum Gasteiger partial charge on any atom is -0.483 e. The second kappa shape index (κ2) is 8.55. The Morgan fingerprint density at radius 1 is 1.40 bits per heavy atom. The minimum atomic E-state index is -0.172. The first-order valence-corrected chi connectivity index (χ1v) is 6.84. The fraction of sp³-hybridized carbons (Fsp3) is 0.533. The van der Waals surface area contributed by atoms with Gasteiger partial charge in [0, 0.05) is 24.8 Å². The molecular formula is C15H24N2O3. The van der Waals surface area contributed by atoms with E-state index in [2.05, 4.69) is 5.32 Å². The Morgan fingerprint density at radius 2 is 2.10 bits per heavy atom. The standard InChI is InChI=1S/C15H24N2O3/c1-4-13(16)12-7-5-6-8-14(12)20-10-15(18)17-11(2)9-19-3/h5-8,11,13H,4,9-10,16H2,1-3H3,(H,17,18). The number of nitrogens with one attached hydrogen (secondary N) is 1. The number of rotatable bonds is 8. The molecule has 1 aromatic rings. The van der Waals surface area contributed by atoms with Crippen molar-refractivity contribution in [3.8, 4) is 5.75 Å². The van der Waals surface area contributed by atoms with Gasteiger partial charge < -0.3 is 20.5 Å². The summed E-state index contributed by atoms with van der Waals surface area (Å²) in [5.41, 5.74) is 6.95. The summed E-state index contributed by atoms with van der Waals surface area (Å²) in [5, 5.41) is 2.79. The number of amides is 1. The zero-order valence-electron chi connectivity index (χ0n) is 12.4. The molecule has 3 N–H and O–H groups in total. The number of hydrogen-bond donors (Lipinski definition) is 2. The van der Waals surface area contributed by atoms with E-state index < -0.39 is 0 Å². The van der Waals surface area contributed by atoms with E-state index >= 15 is 0 Å². The molecule has 0 heterocycles. The molecule has 0 spiro atoms. The van der Waals surface area contributed by atoms with Crippen LogP contribution in [0.3, 0.4) is 0 Å². The molecule has 0 saturated carbocycles. The zero-order valence-corrected chi connectivity index (χ0v) is 12.4. The van der Waals surface area contributed by atoms with E-state index in [9.17, 15) is 4.79 Å². The first kappa shape index (κ1) is 16.5.